The molecule has 1 aromatic carbocycles. The fourth-order valence-corrected chi connectivity index (χ4v) is 3.72. The normalized spacial score (nSPS) is 16.4. The summed E-state index contributed by atoms with van der Waals surface area (Å²) in [5, 5.41) is 6.95. The Kier molecular flexibility index (Phi) is 6.21. The zero-order valence-electron chi connectivity index (χ0n) is 17.5. The molecule has 0 radical (unpaired) electrons. The van der Waals surface area contributed by atoms with E-state index in [1.807, 2.05) is 0 Å². The van der Waals surface area contributed by atoms with Gasteiger partial charge in [0.15, 0.2) is 5.82 Å². The van der Waals surface area contributed by atoms with E-state index in [9.17, 15) is 31.5 Å². The van der Waals surface area contributed by atoms with Crippen LogP contribution in [0.25, 0.3) is 11.1 Å². The number of nitrogens with zero attached hydrogens (tertiary/aromatic N) is 5. The molecule has 3 aromatic rings. The third kappa shape index (κ3) is 4.04. The van der Waals surface area contributed by atoms with Gasteiger partial charge in [0.25, 0.3) is 11.9 Å². The Bertz CT molecular complexity index is 1430. The minimum atomic E-state index is -4.88. The molecule has 1 atom stereocenters. The zero-order valence-corrected chi connectivity index (χ0v) is 18.2. The minimum absolute atomic E-state index is 0.335. The number of hydrazone groups is 1. The van der Waals surface area contributed by atoms with Crippen LogP contribution in [0.1, 0.15) is 5.56 Å². The second kappa shape index (κ2) is 9.03. The van der Waals surface area contributed by atoms with Crippen molar-refractivity contribution in [3.63, 3.8) is 0 Å². The molecule has 4 rings (SSSR count). The molecule has 0 aliphatic carbocycles. The van der Waals surface area contributed by atoms with E-state index in [1.54, 1.807) is 0 Å². The number of nitrogens with two attached hydrogens (primary N) is 1. The first-order valence-electron chi connectivity index (χ1n) is 9.64. The fraction of sp³-hybridized carbons (Fsp3) is 0.158. The van der Waals surface area contributed by atoms with Crippen LogP contribution in [0, 0.1) is 17.2 Å². The van der Waals surface area contributed by atoms with Gasteiger partial charge in [-0.15, -0.1) is 10.2 Å². The number of amides is 3. The molecule has 3 heterocycles. The number of anilines is 2. The van der Waals surface area contributed by atoms with Crippen molar-refractivity contribution in [2.45, 2.75) is 12.2 Å². The summed E-state index contributed by atoms with van der Waals surface area (Å²) in [5.74, 6) is -0.200. The summed E-state index contributed by atoms with van der Waals surface area (Å²) < 4.78 is 74.5. The highest BCUT2D eigenvalue weighted by atomic mass is 35.5. The van der Waals surface area contributed by atoms with Crippen molar-refractivity contribution in [1.82, 2.24) is 10.3 Å². The van der Waals surface area contributed by atoms with Gasteiger partial charge in [-0.25, -0.2) is 24.0 Å². The monoisotopic (exact) mass is 530 g/mol. The van der Waals surface area contributed by atoms with Crippen LogP contribution in [0.3, 0.4) is 0 Å². The standard InChI is InChI=1S/C19H12ClF5N8O3/c20-13-9(21)1-2-10(14(13)22)33(17(30-26)31-27)16(34)11-6-28-18(35)32(11)12-5-8(19(23,24)25)7-3-4-36-15(7)29-12/h1-5,11,26H,6,27H2,(H,28,35)/t11-/m0/s1. The number of rotatable bonds is 3. The lowest BCUT2D eigenvalue weighted by Gasteiger charge is -2.28. The molecule has 0 unspecified atom stereocenters. The molecule has 11 nitrogen and oxygen atoms in total. The van der Waals surface area contributed by atoms with Crippen LogP contribution in [0.15, 0.2) is 45.2 Å². The molecule has 36 heavy (non-hydrogen) atoms. The van der Waals surface area contributed by atoms with Crippen LogP contribution in [0.4, 0.5) is 38.3 Å². The molecule has 1 saturated heterocycles. The van der Waals surface area contributed by atoms with Gasteiger partial charge in [0, 0.05) is 6.54 Å². The maximum atomic E-state index is 14.8. The van der Waals surface area contributed by atoms with Crippen molar-refractivity contribution in [3.05, 3.63) is 52.7 Å². The average Bonchev–Trinajstić information content (AvgIpc) is 3.46. The number of benzene rings is 1. The van der Waals surface area contributed by atoms with Crippen LogP contribution in [-0.4, -0.2) is 35.5 Å². The maximum Gasteiger partial charge on any atom is 0.417 e. The molecular formula is C19H12ClF5N8O3. The van der Waals surface area contributed by atoms with Gasteiger partial charge in [0.05, 0.1) is 22.9 Å². The molecule has 3 amide bonds. The fourth-order valence-electron chi connectivity index (χ4n) is 3.56. The van der Waals surface area contributed by atoms with Crippen molar-refractivity contribution in [2.75, 3.05) is 16.3 Å². The van der Waals surface area contributed by atoms with Gasteiger partial charge < -0.3 is 15.6 Å². The molecule has 188 valence electrons. The van der Waals surface area contributed by atoms with Gasteiger partial charge in [-0.1, -0.05) is 11.6 Å². The van der Waals surface area contributed by atoms with E-state index in [0.717, 1.165) is 18.4 Å². The van der Waals surface area contributed by atoms with Gasteiger partial charge in [-0.3, -0.25) is 9.69 Å². The Hall–Kier alpha value is -4.34. The zero-order chi connectivity index (χ0) is 26.4. The third-order valence-electron chi connectivity index (χ3n) is 5.13. The smallest absolute Gasteiger partial charge is 0.417 e. The lowest BCUT2D eigenvalue weighted by Crippen LogP contribution is -2.50. The largest absolute Gasteiger partial charge is 0.446 e. The van der Waals surface area contributed by atoms with E-state index in [4.69, 9.17) is 27.4 Å². The number of carbonyl (C=O) groups excluding carboxylic acids is 2. The Balaban J connectivity index is 1.85. The topological polar surface area (TPSA) is 153 Å². The second-order valence-corrected chi connectivity index (χ2v) is 7.52. The number of nitrogens with one attached hydrogen (secondary N) is 2. The highest BCUT2D eigenvalue weighted by Crippen LogP contribution is 2.38. The van der Waals surface area contributed by atoms with E-state index in [0.29, 0.717) is 21.9 Å². The lowest BCUT2D eigenvalue weighted by atomic mass is 10.1. The SMILES string of the molecule is N=NC(=NN)N(C(=O)[C@@H]1CNC(=O)N1c1cc(C(F)(F)F)c2ccoc2n1)c1ccc(F)c(Cl)c1F. The quantitative estimate of drug-likeness (QED) is 0.0889. The number of aromatic nitrogens is 1. The number of hydrogen-bond acceptors (Lipinski definition) is 7. The number of carbonyl (C=O) groups is 2. The summed E-state index contributed by atoms with van der Waals surface area (Å²) in [6, 6.07) is 0.358. The number of hydrogen-bond donors (Lipinski definition) is 3. The first kappa shape index (κ1) is 24.8. The summed E-state index contributed by atoms with van der Waals surface area (Å²) in [7, 11) is 0. The number of pyridine rings is 1. The van der Waals surface area contributed by atoms with E-state index in [1.165, 1.54) is 0 Å². The maximum absolute atomic E-state index is 14.8. The molecular weight excluding hydrogens is 519 g/mol. The molecule has 1 fully saturated rings. The highest BCUT2D eigenvalue weighted by Gasteiger charge is 2.44. The Morgan fingerprint density at radius 1 is 1.33 bits per heavy atom. The van der Waals surface area contributed by atoms with Gasteiger partial charge in [-0.05, 0) is 24.3 Å². The summed E-state index contributed by atoms with van der Waals surface area (Å²) in [6.07, 6.45) is -3.91. The highest BCUT2D eigenvalue weighted by molar-refractivity contribution is 6.31. The minimum Gasteiger partial charge on any atom is -0.446 e. The first-order chi connectivity index (χ1) is 17.0. The van der Waals surface area contributed by atoms with Gasteiger partial charge in [-0.2, -0.15) is 18.2 Å². The van der Waals surface area contributed by atoms with E-state index >= 15 is 0 Å². The van der Waals surface area contributed by atoms with Crippen LogP contribution in [0.5, 0.6) is 0 Å². The third-order valence-corrected chi connectivity index (χ3v) is 5.48. The van der Waals surface area contributed by atoms with Crippen molar-refractivity contribution in [3.8, 4) is 0 Å². The molecule has 1 aliphatic heterocycles. The molecule has 2 aromatic heterocycles. The molecule has 0 spiro atoms. The number of guanidine groups is 1. The van der Waals surface area contributed by atoms with E-state index in [-0.39, 0.29) is 5.39 Å². The number of urea groups is 1. The summed E-state index contributed by atoms with van der Waals surface area (Å²) >= 11 is 5.59. The van der Waals surface area contributed by atoms with Crippen LogP contribution < -0.4 is 21.0 Å². The van der Waals surface area contributed by atoms with Crippen LogP contribution in [-0.2, 0) is 11.0 Å². The molecule has 4 N–H and O–H groups in total. The number of furan rings is 1. The summed E-state index contributed by atoms with van der Waals surface area (Å²) in [5.41, 5.74) is 4.84. The van der Waals surface area contributed by atoms with Gasteiger partial charge >= 0.3 is 12.2 Å². The average molecular weight is 531 g/mol. The van der Waals surface area contributed by atoms with Gasteiger partial charge in [0.1, 0.15) is 22.7 Å². The van der Waals surface area contributed by atoms with Crippen LogP contribution >= 0.6 is 11.6 Å². The molecule has 17 heteroatoms. The number of halogens is 6. The second-order valence-electron chi connectivity index (χ2n) is 7.15. The molecule has 0 saturated carbocycles. The number of fused-ring (bicyclic) bond motifs is 1. The summed E-state index contributed by atoms with van der Waals surface area (Å²) in [4.78, 5) is 30.9. The van der Waals surface area contributed by atoms with Crippen molar-refractivity contribution < 1.29 is 36.0 Å². The van der Waals surface area contributed by atoms with Crippen molar-refractivity contribution >= 4 is 52.1 Å². The van der Waals surface area contributed by atoms with E-state index < -0.39 is 76.1 Å². The Morgan fingerprint density at radius 2 is 2.06 bits per heavy atom. The van der Waals surface area contributed by atoms with Crippen molar-refractivity contribution in [1.29, 1.82) is 5.53 Å². The van der Waals surface area contributed by atoms with Gasteiger partial charge in [0.2, 0.25) is 5.71 Å². The Labute approximate surface area is 201 Å². The van der Waals surface area contributed by atoms with E-state index in [2.05, 4.69) is 20.5 Å². The predicted molar refractivity (Wildman–Crippen MR) is 114 cm³/mol. The number of alkyl halides is 3. The van der Waals surface area contributed by atoms with Crippen LogP contribution in [0.2, 0.25) is 5.02 Å². The van der Waals surface area contributed by atoms with Crippen molar-refractivity contribution in [2.24, 2.45) is 16.1 Å². The Morgan fingerprint density at radius 3 is 2.69 bits per heavy atom. The lowest BCUT2D eigenvalue weighted by molar-refractivity contribution is -0.136. The molecule has 0 bridgehead atoms. The predicted octanol–water partition coefficient (Wildman–Crippen LogP) is 3.97. The first-order valence-corrected chi connectivity index (χ1v) is 10.0. The molecule has 1 aliphatic rings. The summed E-state index contributed by atoms with van der Waals surface area (Å²) in [6.45, 7) is -0.486.